The maximum atomic E-state index is 3.71. The summed E-state index contributed by atoms with van der Waals surface area (Å²) in [4.78, 5) is 0. The molecule has 0 rings (SSSR count). The fourth-order valence-corrected chi connectivity index (χ4v) is 2.30. The van der Waals surface area contributed by atoms with Crippen molar-refractivity contribution in [3.63, 3.8) is 0 Å². The van der Waals surface area contributed by atoms with E-state index < -0.39 is 0 Å². The standard InChI is InChI=1S/C12H27NS/c1-6-10(3)8-12(7-2)13-11(4)9-14-5/h10-13H,6-9H2,1-5H3. The molecule has 0 amide bonds. The maximum Gasteiger partial charge on any atom is 0.0132 e. The highest BCUT2D eigenvalue weighted by Crippen LogP contribution is 2.13. The highest BCUT2D eigenvalue weighted by atomic mass is 32.2. The molecule has 0 aliphatic heterocycles. The Morgan fingerprint density at radius 2 is 1.79 bits per heavy atom. The first-order valence-electron chi connectivity index (χ1n) is 5.88. The lowest BCUT2D eigenvalue weighted by atomic mass is 9.97. The van der Waals surface area contributed by atoms with Gasteiger partial charge in [0.2, 0.25) is 0 Å². The van der Waals surface area contributed by atoms with Gasteiger partial charge in [0.15, 0.2) is 0 Å². The molecule has 0 aromatic carbocycles. The number of hydrogen-bond donors (Lipinski definition) is 1. The summed E-state index contributed by atoms with van der Waals surface area (Å²) >= 11 is 1.92. The normalized spacial score (nSPS) is 17.8. The van der Waals surface area contributed by atoms with E-state index in [0.29, 0.717) is 12.1 Å². The predicted octanol–water partition coefficient (Wildman–Crippen LogP) is 3.54. The summed E-state index contributed by atoms with van der Waals surface area (Å²) < 4.78 is 0. The smallest absolute Gasteiger partial charge is 0.0132 e. The summed E-state index contributed by atoms with van der Waals surface area (Å²) in [5, 5.41) is 3.71. The summed E-state index contributed by atoms with van der Waals surface area (Å²) in [6.07, 6.45) is 6.05. The van der Waals surface area contributed by atoms with E-state index in [0.717, 1.165) is 5.92 Å². The lowest BCUT2D eigenvalue weighted by Gasteiger charge is -2.24. The second-order valence-corrected chi connectivity index (χ2v) is 5.29. The van der Waals surface area contributed by atoms with Gasteiger partial charge in [0.05, 0.1) is 0 Å². The van der Waals surface area contributed by atoms with Gasteiger partial charge in [-0.1, -0.05) is 27.2 Å². The van der Waals surface area contributed by atoms with E-state index >= 15 is 0 Å². The number of rotatable bonds is 8. The van der Waals surface area contributed by atoms with Gasteiger partial charge in [0.1, 0.15) is 0 Å². The summed E-state index contributed by atoms with van der Waals surface area (Å²) in [5.41, 5.74) is 0. The van der Waals surface area contributed by atoms with Crippen LogP contribution < -0.4 is 5.32 Å². The van der Waals surface area contributed by atoms with Gasteiger partial charge >= 0.3 is 0 Å². The minimum Gasteiger partial charge on any atom is -0.311 e. The first-order valence-corrected chi connectivity index (χ1v) is 7.28. The number of hydrogen-bond acceptors (Lipinski definition) is 2. The molecule has 2 heteroatoms. The van der Waals surface area contributed by atoms with E-state index in [1.807, 2.05) is 11.8 Å². The van der Waals surface area contributed by atoms with Crippen LogP contribution in [0.4, 0.5) is 0 Å². The predicted molar refractivity (Wildman–Crippen MR) is 69.1 cm³/mol. The molecule has 0 aromatic rings. The van der Waals surface area contributed by atoms with E-state index in [1.54, 1.807) is 0 Å². The SMILES string of the molecule is CCC(C)CC(CC)NC(C)CSC. The monoisotopic (exact) mass is 217 g/mol. The molecule has 3 atom stereocenters. The van der Waals surface area contributed by atoms with Crippen molar-refractivity contribution in [2.45, 2.75) is 59.0 Å². The molecule has 0 radical (unpaired) electrons. The third-order valence-corrected chi connectivity index (χ3v) is 3.65. The average Bonchev–Trinajstić information content (AvgIpc) is 2.16. The minimum atomic E-state index is 0.652. The van der Waals surface area contributed by atoms with Gasteiger partial charge in [0, 0.05) is 17.8 Å². The van der Waals surface area contributed by atoms with Crippen LogP contribution in [0, 0.1) is 5.92 Å². The van der Waals surface area contributed by atoms with Crippen LogP contribution in [0.25, 0.3) is 0 Å². The van der Waals surface area contributed by atoms with Crippen molar-refractivity contribution in [2.75, 3.05) is 12.0 Å². The van der Waals surface area contributed by atoms with Crippen molar-refractivity contribution in [1.82, 2.24) is 5.32 Å². The summed E-state index contributed by atoms with van der Waals surface area (Å²) in [5.74, 6) is 2.07. The van der Waals surface area contributed by atoms with Crippen LogP contribution in [-0.4, -0.2) is 24.1 Å². The Kier molecular flexibility index (Phi) is 8.80. The van der Waals surface area contributed by atoms with Gasteiger partial charge in [-0.05, 0) is 31.9 Å². The molecule has 1 N–H and O–H groups in total. The second-order valence-electron chi connectivity index (χ2n) is 4.38. The van der Waals surface area contributed by atoms with Crippen LogP contribution in [-0.2, 0) is 0 Å². The third kappa shape index (κ3) is 6.72. The first-order chi connectivity index (χ1) is 6.63. The van der Waals surface area contributed by atoms with E-state index in [4.69, 9.17) is 0 Å². The Labute approximate surface area is 94.4 Å². The molecular weight excluding hydrogens is 190 g/mol. The minimum absolute atomic E-state index is 0.652. The van der Waals surface area contributed by atoms with Crippen molar-refractivity contribution in [3.05, 3.63) is 0 Å². The van der Waals surface area contributed by atoms with Gasteiger partial charge in [-0.15, -0.1) is 0 Å². The summed E-state index contributed by atoms with van der Waals surface area (Å²) in [6.45, 7) is 9.20. The third-order valence-electron chi connectivity index (χ3n) is 2.81. The van der Waals surface area contributed by atoms with Gasteiger partial charge in [-0.25, -0.2) is 0 Å². The van der Waals surface area contributed by atoms with Gasteiger partial charge in [0.25, 0.3) is 0 Å². The quantitative estimate of drug-likeness (QED) is 0.667. The maximum absolute atomic E-state index is 3.71. The zero-order valence-corrected chi connectivity index (χ0v) is 11.3. The molecule has 0 spiro atoms. The topological polar surface area (TPSA) is 12.0 Å². The summed E-state index contributed by atoms with van der Waals surface area (Å²) in [7, 11) is 0. The number of nitrogens with one attached hydrogen (secondary N) is 1. The lowest BCUT2D eigenvalue weighted by Crippen LogP contribution is -2.38. The molecule has 0 saturated carbocycles. The molecule has 0 heterocycles. The first kappa shape index (κ1) is 14.3. The van der Waals surface area contributed by atoms with E-state index in [2.05, 4.69) is 39.3 Å². The highest BCUT2D eigenvalue weighted by molar-refractivity contribution is 7.98. The molecule has 14 heavy (non-hydrogen) atoms. The molecule has 0 aliphatic rings. The molecule has 1 nitrogen and oxygen atoms in total. The van der Waals surface area contributed by atoms with Crippen LogP contribution in [0.2, 0.25) is 0 Å². The fraction of sp³-hybridized carbons (Fsp3) is 1.00. The van der Waals surface area contributed by atoms with Crippen LogP contribution >= 0.6 is 11.8 Å². The van der Waals surface area contributed by atoms with Crippen molar-refractivity contribution in [1.29, 1.82) is 0 Å². The molecule has 0 fully saturated rings. The van der Waals surface area contributed by atoms with Crippen LogP contribution in [0.15, 0.2) is 0 Å². The Hall–Kier alpha value is 0.310. The fourth-order valence-electron chi connectivity index (χ4n) is 1.71. The Balaban J connectivity index is 3.77. The van der Waals surface area contributed by atoms with Crippen LogP contribution in [0.1, 0.15) is 47.0 Å². The number of thioether (sulfide) groups is 1. The van der Waals surface area contributed by atoms with Crippen molar-refractivity contribution in [3.8, 4) is 0 Å². The highest BCUT2D eigenvalue weighted by Gasteiger charge is 2.12. The van der Waals surface area contributed by atoms with Gasteiger partial charge in [-0.2, -0.15) is 11.8 Å². The molecule has 0 bridgehead atoms. The van der Waals surface area contributed by atoms with E-state index in [1.165, 1.54) is 25.0 Å². The van der Waals surface area contributed by atoms with Crippen LogP contribution in [0.3, 0.4) is 0 Å². The molecular formula is C12H27NS. The van der Waals surface area contributed by atoms with E-state index in [-0.39, 0.29) is 0 Å². The zero-order valence-electron chi connectivity index (χ0n) is 10.5. The van der Waals surface area contributed by atoms with Crippen LogP contribution in [0.5, 0.6) is 0 Å². The van der Waals surface area contributed by atoms with Gasteiger partial charge in [-0.3, -0.25) is 0 Å². The molecule has 0 saturated heterocycles. The Bertz CT molecular complexity index is 127. The molecule has 3 unspecified atom stereocenters. The van der Waals surface area contributed by atoms with Crippen molar-refractivity contribution < 1.29 is 0 Å². The van der Waals surface area contributed by atoms with Crippen molar-refractivity contribution >= 4 is 11.8 Å². The lowest BCUT2D eigenvalue weighted by molar-refractivity contribution is 0.366. The van der Waals surface area contributed by atoms with E-state index in [9.17, 15) is 0 Å². The molecule has 86 valence electrons. The Morgan fingerprint density at radius 1 is 1.14 bits per heavy atom. The summed E-state index contributed by atoms with van der Waals surface area (Å²) in [6, 6.07) is 1.37. The van der Waals surface area contributed by atoms with Gasteiger partial charge < -0.3 is 5.32 Å². The second kappa shape index (κ2) is 8.60. The van der Waals surface area contributed by atoms with Crippen molar-refractivity contribution in [2.24, 2.45) is 5.92 Å². The molecule has 0 aromatic heterocycles. The Morgan fingerprint density at radius 3 is 2.21 bits per heavy atom. The zero-order chi connectivity index (χ0) is 11.0. The molecule has 0 aliphatic carbocycles. The largest absolute Gasteiger partial charge is 0.311 e. The average molecular weight is 217 g/mol.